The van der Waals surface area contributed by atoms with Gasteiger partial charge in [-0.15, -0.1) is 0 Å². The van der Waals surface area contributed by atoms with Gasteiger partial charge in [0.05, 0.1) is 6.54 Å². The first kappa shape index (κ1) is 15.8. The number of amides is 1. The average Bonchev–Trinajstić information content (AvgIpc) is 2.71. The summed E-state index contributed by atoms with van der Waals surface area (Å²) >= 11 is 0. The number of likely N-dealkylation sites (N-methyl/N-ethyl adjacent to an activating group) is 1. The highest BCUT2D eigenvalue weighted by atomic mass is 16.2. The summed E-state index contributed by atoms with van der Waals surface area (Å²) in [6.07, 6.45) is 6.34. The molecule has 0 aromatic carbocycles. The molecule has 0 radical (unpaired) electrons. The zero-order valence-electron chi connectivity index (χ0n) is 13.6. The molecule has 1 saturated heterocycles. The molecule has 2 aliphatic rings. The minimum atomic E-state index is 0.217. The van der Waals surface area contributed by atoms with Crippen molar-refractivity contribution in [3.63, 3.8) is 0 Å². The van der Waals surface area contributed by atoms with E-state index in [0.29, 0.717) is 24.0 Å². The molecule has 4 heteroatoms. The van der Waals surface area contributed by atoms with Crippen LogP contribution in [-0.2, 0) is 4.79 Å². The van der Waals surface area contributed by atoms with Crippen LogP contribution in [0.25, 0.3) is 0 Å². The molecule has 2 fully saturated rings. The first-order chi connectivity index (χ1) is 9.35. The van der Waals surface area contributed by atoms with Crippen molar-refractivity contribution in [1.29, 1.82) is 0 Å². The van der Waals surface area contributed by atoms with Gasteiger partial charge in [-0.1, -0.05) is 13.8 Å². The zero-order chi connectivity index (χ0) is 14.8. The van der Waals surface area contributed by atoms with Crippen molar-refractivity contribution >= 4 is 5.91 Å². The Labute approximate surface area is 123 Å². The van der Waals surface area contributed by atoms with E-state index in [9.17, 15) is 4.79 Å². The monoisotopic (exact) mass is 281 g/mol. The molecule has 1 N–H and O–H groups in total. The van der Waals surface area contributed by atoms with Crippen LogP contribution in [0.1, 0.15) is 46.0 Å². The quantitative estimate of drug-likeness (QED) is 0.852. The van der Waals surface area contributed by atoms with Gasteiger partial charge in [0.15, 0.2) is 0 Å². The Hall–Kier alpha value is -0.610. The van der Waals surface area contributed by atoms with Crippen LogP contribution in [-0.4, -0.2) is 61.5 Å². The summed E-state index contributed by atoms with van der Waals surface area (Å²) < 4.78 is 0. The number of carbonyl (C=O) groups is 1. The van der Waals surface area contributed by atoms with Gasteiger partial charge in [0.1, 0.15) is 0 Å². The smallest absolute Gasteiger partial charge is 0.236 e. The lowest BCUT2D eigenvalue weighted by molar-refractivity contribution is -0.130. The summed E-state index contributed by atoms with van der Waals surface area (Å²) in [5, 5.41) is 3.85. The van der Waals surface area contributed by atoms with Crippen LogP contribution in [0.15, 0.2) is 0 Å². The number of hydrogen-bond acceptors (Lipinski definition) is 3. The third-order valence-corrected chi connectivity index (χ3v) is 4.89. The molecule has 0 aromatic rings. The second-order valence-corrected chi connectivity index (χ2v) is 7.61. The fraction of sp³-hybridized carbons (Fsp3) is 0.938. The summed E-state index contributed by atoms with van der Waals surface area (Å²) in [5.74, 6) is 0.217. The van der Waals surface area contributed by atoms with Gasteiger partial charge in [0.2, 0.25) is 5.91 Å². The molecule has 116 valence electrons. The summed E-state index contributed by atoms with van der Waals surface area (Å²) in [6, 6.07) is 1.37. The lowest BCUT2D eigenvalue weighted by atomic mass is 9.91. The molecular weight excluding hydrogens is 250 g/mol. The van der Waals surface area contributed by atoms with E-state index in [4.69, 9.17) is 0 Å². The third kappa shape index (κ3) is 4.45. The van der Waals surface area contributed by atoms with Crippen molar-refractivity contribution in [2.24, 2.45) is 5.41 Å². The Balaban J connectivity index is 1.68. The van der Waals surface area contributed by atoms with Crippen LogP contribution in [0, 0.1) is 5.41 Å². The standard InChI is InChI=1S/C16H31N3O/c1-16(2)8-5-14(11-16)17-13-6-9-19(10-7-13)12-15(20)18(3)4/h13-14,17H,5-12H2,1-4H3. The first-order valence-electron chi connectivity index (χ1n) is 8.04. The van der Waals surface area contributed by atoms with Crippen molar-refractivity contribution in [3.8, 4) is 0 Å². The highest BCUT2D eigenvalue weighted by Gasteiger charge is 2.32. The maximum absolute atomic E-state index is 11.7. The maximum Gasteiger partial charge on any atom is 0.236 e. The molecule has 1 aliphatic heterocycles. The van der Waals surface area contributed by atoms with Crippen LogP contribution >= 0.6 is 0 Å². The molecule has 1 saturated carbocycles. The number of nitrogens with one attached hydrogen (secondary N) is 1. The SMILES string of the molecule is CN(C)C(=O)CN1CCC(NC2CCC(C)(C)C2)CC1. The molecule has 0 spiro atoms. The Kier molecular flexibility index (Phi) is 5.08. The fourth-order valence-electron chi connectivity index (χ4n) is 3.50. The normalized spacial score (nSPS) is 27.7. The van der Waals surface area contributed by atoms with Crippen LogP contribution in [0.5, 0.6) is 0 Å². The topological polar surface area (TPSA) is 35.6 Å². The van der Waals surface area contributed by atoms with Crippen LogP contribution in [0.4, 0.5) is 0 Å². The highest BCUT2D eigenvalue weighted by Crippen LogP contribution is 2.37. The van der Waals surface area contributed by atoms with E-state index in [0.717, 1.165) is 13.1 Å². The molecule has 0 bridgehead atoms. The zero-order valence-corrected chi connectivity index (χ0v) is 13.6. The van der Waals surface area contributed by atoms with E-state index in [2.05, 4.69) is 24.1 Å². The van der Waals surface area contributed by atoms with Crippen LogP contribution in [0.2, 0.25) is 0 Å². The fourth-order valence-corrected chi connectivity index (χ4v) is 3.50. The Morgan fingerprint density at radius 1 is 1.20 bits per heavy atom. The van der Waals surface area contributed by atoms with E-state index in [1.165, 1.54) is 32.1 Å². The first-order valence-corrected chi connectivity index (χ1v) is 8.04. The van der Waals surface area contributed by atoms with E-state index in [-0.39, 0.29) is 5.91 Å². The van der Waals surface area contributed by atoms with E-state index in [1.54, 1.807) is 4.90 Å². The number of piperidine rings is 1. The van der Waals surface area contributed by atoms with Gasteiger partial charge in [0, 0.05) is 39.3 Å². The van der Waals surface area contributed by atoms with Gasteiger partial charge in [-0.25, -0.2) is 0 Å². The molecule has 1 heterocycles. The van der Waals surface area contributed by atoms with E-state index < -0.39 is 0 Å². The van der Waals surface area contributed by atoms with Crippen molar-refractivity contribution in [3.05, 3.63) is 0 Å². The Morgan fingerprint density at radius 3 is 2.35 bits per heavy atom. The van der Waals surface area contributed by atoms with Crippen molar-refractivity contribution in [1.82, 2.24) is 15.1 Å². The predicted octanol–water partition coefficient (Wildman–Crippen LogP) is 1.71. The van der Waals surface area contributed by atoms with Crippen molar-refractivity contribution < 1.29 is 4.79 Å². The van der Waals surface area contributed by atoms with Gasteiger partial charge in [0.25, 0.3) is 0 Å². The van der Waals surface area contributed by atoms with Crippen LogP contribution in [0.3, 0.4) is 0 Å². The van der Waals surface area contributed by atoms with Gasteiger partial charge in [-0.3, -0.25) is 9.69 Å². The minimum absolute atomic E-state index is 0.217. The summed E-state index contributed by atoms with van der Waals surface area (Å²) in [5.41, 5.74) is 0.524. The highest BCUT2D eigenvalue weighted by molar-refractivity contribution is 5.77. The van der Waals surface area contributed by atoms with Crippen molar-refractivity contribution in [2.45, 2.75) is 58.0 Å². The molecule has 2 rings (SSSR count). The molecule has 0 aromatic heterocycles. The van der Waals surface area contributed by atoms with Gasteiger partial charge >= 0.3 is 0 Å². The molecular formula is C16H31N3O. The molecule has 20 heavy (non-hydrogen) atoms. The maximum atomic E-state index is 11.7. The second-order valence-electron chi connectivity index (χ2n) is 7.61. The molecule has 4 nitrogen and oxygen atoms in total. The Morgan fingerprint density at radius 2 is 1.85 bits per heavy atom. The third-order valence-electron chi connectivity index (χ3n) is 4.89. The number of likely N-dealkylation sites (tertiary alicyclic amines) is 1. The minimum Gasteiger partial charge on any atom is -0.348 e. The number of rotatable bonds is 4. The average molecular weight is 281 g/mol. The lowest BCUT2D eigenvalue weighted by Crippen LogP contribution is -2.48. The predicted molar refractivity (Wildman–Crippen MR) is 82.7 cm³/mol. The largest absolute Gasteiger partial charge is 0.348 e. The number of carbonyl (C=O) groups excluding carboxylic acids is 1. The number of hydrogen-bond donors (Lipinski definition) is 1. The molecule has 1 aliphatic carbocycles. The second kappa shape index (κ2) is 6.44. The van der Waals surface area contributed by atoms with Crippen LogP contribution < -0.4 is 5.32 Å². The van der Waals surface area contributed by atoms with Crippen molar-refractivity contribution in [2.75, 3.05) is 33.7 Å². The van der Waals surface area contributed by atoms with E-state index >= 15 is 0 Å². The molecule has 1 unspecified atom stereocenters. The molecule has 1 amide bonds. The summed E-state index contributed by atoms with van der Waals surface area (Å²) in [4.78, 5) is 15.7. The van der Waals surface area contributed by atoms with Gasteiger partial charge < -0.3 is 10.2 Å². The van der Waals surface area contributed by atoms with Gasteiger partial charge in [-0.2, -0.15) is 0 Å². The number of nitrogens with zero attached hydrogens (tertiary/aromatic N) is 2. The Bertz CT molecular complexity index is 333. The summed E-state index contributed by atoms with van der Waals surface area (Å²) in [6.45, 7) is 7.44. The van der Waals surface area contributed by atoms with E-state index in [1.807, 2.05) is 14.1 Å². The van der Waals surface area contributed by atoms with Gasteiger partial charge in [-0.05, 0) is 37.5 Å². The molecule has 1 atom stereocenters. The lowest BCUT2D eigenvalue weighted by Gasteiger charge is -2.34. The summed E-state index contributed by atoms with van der Waals surface area (Å²) in [7, 11) is 3.66.